The van der Waals surface area contributed by atoms with Crippen LogP contribution in [0.1, 0.15) is 50.5 Å². The van der Waals surface area contributed by atoms with E-state index in [9.17, 15) is 9.59 Å². The van der Waals surface area contributed by atoms with Crippen LogP contribution >= 0.6 is 0 Å². The number of alkyl carbamates (subject to hydrolysis) is 1. The van der Waals surface area contributed by atoms with Gasteiger partial charge in [0.05, 0.1) is 6.20 Å². The molecule has 0 unspecified atom stereocenters. The Balaban J connectivity index is 1.96. The zero-order valence-electron chi connectivity index (χ0n) is 13.9. The molecule has 1 fully saturated rings. The maximum absolute atomic E-state index is 12.6. The highest BCUT2D eigenvalue weighted by Gasteiger charge is 2.29. The Labute approximate surface area is 136 Å². The first-order valence-corrected chi connectivity index (χ1v) is 7.90. The number of hydrogen-bond acceptors (Lipinski definition) is 5. The number of nitrogens with zero attached hydrogens (tertiary/aromatic N) is 3. The van der Waals surface area contributed by atoms with Crippen molar-refractivity contribution in [1.29, 1.82) is 0 Å². The van der Waals surface area contributed by atoms with Crippen LogP contribution in [0.3, 0.4) is 0 Å². The fraction of sp³-hybridized carbons (Fsp3) is 0.625. The third kappa shape index (κ3) is 5.19. The number of piperidine rings is 1. The summed E-state index contributed by atoms with van der Waals surface area (Å²) in [6.45, 7) is 6.49. The van der Waals surface area contributed by atoms with Crippen LogP contribution in [0.2, 0.25) is 0 Å². The molecule has 2 rings (SSSR count). The number of amides is 2. The summed E-state index contributed by atoms with van der Waals surface area (Å²) in [5.74, 6) is -0.145. The van der Waals surface area contributed by atoms with E-state index in [1.54, 1.807) is 4.90 Å². The molecule has 23 heavy (non-hydrogen) atoms. The normalized spacial score (nSPS) is 18.4. The molecule has 0 radical (unpaired) electrons. The Hall–Kier alpha value is -2.18. The van der Waals surface area contributed by atoms with Crippen LogP contribution in [-0.4, -0.2) is 51.6 Å². The minimum atomic E-state index is -0.536. The number of likely N-dealkylation sites (tertiary alicyclic amines) is 1. The molecule has 1 aromatic rings. The predicted molar refractivity (Wildman–Crippen MR) is 84.9 cm³/mol. The maximum Gasteiger partial charge on any atom is 0.407 e. The highest BCUT2D eigenvalue weighted by molar-refractivity contribution is 5.92. The molecule has 1 atom stereocenters. The van der Waals surface area contributed by atoms with Crippen molar-refractivity contribution in [2.75, 3.05) is 13.1 Å². The Morgan fingerprint density at radius 1 is 1.35 bits per heavy atom. The van der Waals surface area contributed by atoms with Crippen LogP contribution in [0, 0.1) is 0 Å². The second kappa shape index (κ2) is 7.39. The lowest BCUT2D eigenvalue weighted by molar-refractivity contribution is 0.0460. The van der Waals surface area contributed by atoms with Gasteiger partial charge in [-0.25, -0.2) is 9.78 Å². The fourth-order valence-electron chi connectivity index (χ4n) is 2.55. The zero-order valence-corrected chi connectivity index (χ0v) is 13.9. The molecular formula is C16H24N4O3. The number of aromatic nitrogens is 2. The van der Waals surface area contributed by atoms with Gasteiger partial charge in [-0.2, -0.15) is 0 Å². The molecule has 0 aromatic carbocycles. The van der Waals surface area contributed by atoms with Gasteiger partial charge in [0.25, 0.3) is 5.91 Å². The SMILES string of the molecule is CC(C)(C)OC(=O)NC[C@H]1CCCCN1C(=O)c1cnccn1. The van der Waals surface area contributed by atoms with Gasteiger partial charge in [0.15, 0.2) is 0 Å². The second-order valence-electron chi connectivity index (χ2n) is 6.62. The van der Waals surface area contributed by atoms with Gasteiger partial charge in [-0.15, -0.1) is 0 Å². The minimum Gasteiger partial charge on any atom is -0.444 e. The average Bonchev–Trinajstić information content (AvgIpc) is 2.52. The number of rotatable bonds is 3. The van der Waals surface area contributed by atoms with Crippen molar-refractivity contribution in [2.24, 2.45) is 0 Å². The number of hydrogen-bond donors (Lipinski definition) is 1. The Morgan fingerprint density at radius 3 is 2.78 bits per heavy atom. The second-order valence-corrected chi connectivity index (χ2v) is 6.62. The molecule has 1 aliphatic heterocycles. The van der Waals surface area contributed by atoms with Gasteiger partial charge in [-0.3, -0.25) is 9.78 Å². The molecular weight excluding hydrogens is 296 g/mol. The smallest absolute Gasteiger partial charge is 0.407 e. The van der Waals surface area contributed by atoms with Crippen LogP contribution in [0.4, 0.5) is 4.79 Å². The summed E-state index contributed by atoms with van der Waals surface area (Å²) >= 11 is 0. The first-order chi connectivity index (χ1) is 10.9. The van der Waals surface area contributed by atoms with Gasteiger partial charge >= 0.3 is 6.09 Å². The van der Waals surface area contributed by atoms with Crippen molar-refractivity contribution in [3.63, 3.8) is 0 Å². The summed E-state index contributed by atoms with van der Waals surface area (Å²) < 4.78 is 5.23. The largest absolute Gasteiger partial charge is 0.444 e. The van der Waals surface area contributed by atoms with Crippen LogP contribution in [-0.2, 0) is 4.74 Å². The van der Waals surface area contributed by atoms with Crippen molar-refractivity contribution < 1.29 is 14.3 Å². The van der Waals surface area contributed by atoms with Gasteiger partial charge in [-0.05, 0) is 40.0 Å². The number of nitrogens with one attached hydrogen (secondary N) is 1. The van der Waals surface area contributed by atoms with E-state index in [4.69, 9.17) is 4.74 Å². The molecule has 1 N–H and O–H groups in total. The Morgan fingerprint density at radius 2 is 2.13 bits per heavy atom. The average molecular weight is 320 g/mol. The van der Waals surface area contributed by atoms with E-state index in [0.717, 1.165) is 19.3 Å². The van der Waals surface area contributed by atoms with Crippen molar-refractivity contribution >= 4 is 12.0 Å². The zero-order chi connectivity index (χ0) is 16.9. The molecule has 126 valence electrons. The van der Waals surface area contributed by atoms with Gasteiger partial charge in [0.2, 0.25) is 0 Å². The van der Waals surface area contributed by atoms with Gasteiger partial charge < -0.3 is 15.0 Å². The van der Waals surface area contributed by atoms with E-state index >= 15 is 0 Å². The highest BCUT2D eigenvalue weighted by Crippen LogP contribution is 2.18. The molecule has 0 saturated carbocycles. The highest BCUT2D eigenvalue weighted by atomic mass is 16.6. The van der Waals surface area contributed by atoms with Gasteiger partial charge in [0, 0.05) is 31.5 Å². The standard InChI is InChI=1S/C16H24N4O3/c1-16(2,3)23-15(22)19-10-12-6-4-5-9-20(12)14(21)13-11-17-7-8-18-13/h7-8,11-12H,4-6,9-10H2,1-3H3,(H,19,22)/t12-/m1/s1. The third-order valence-corrected chi connectivity index (χ3v) is 3.55. The van der Waals surface area contributed by atoms with E-state index in [-0.39, 0.29) is 11.9 Å². The van der Waals surface area contributed by atoms with Crippen LogP contribution < -0.4 is 5.32 Å². The Bertz CT molecular complexity index is 542. The van der Waals surface area contributed by atoms with Gasteiger partial charge in [0.1, 0.15) is 11.3 Å². The first-order valence-electron chi connectivity index (χ1n) is 7.90. The van der Waals surface area contributed by atoms with Crippen molar-refractivity contribution in [3.05, 3.63) is 24.3 Å². The van der Waals surface area contributed by atoms with E-state index < -0.39 is 11.7 Å². The number of ether oxygens (including phenoxy) is 1. The monoisotopic (exact) mass is 320 g/mol. The molecule has 0 spiro atoms. The van der Waals surface area contributed by atoms with Gasteiger partial charge in [-0.1, -0.05) is 0 Å². The lowest BCUT2D eigenvalue weighted by Crippen LogP contribution is -2.50. The molecule has 0 aliphatic carbocycles. The molecule has 7 heteroatoms. The van der Waals surface area contributed by atoms with Crippen molar-refractivity contribution in [1.82, 2.24) is 20.2 Å². The van der Waals surface area contributed by atoms with Crippen LogP contribution in [0.15, 0.2) is 18.6 Å². The summed E-state index contributed by atoms with van der Waals surface area (Å²) in [5, 5.41) is 2.75. The maximum atomic E-state index is 12.6. The third-order valence-electron chi connectivity index (χ3n) is 3.55. The molecule has 1 aliphatic rings. The fourth-order valence-corrected chi connectivity index (χ4v) is 2.55. The number of carbonyl (C=O) groups excluding carboxylic acids is 2. The first kappa shape index (κ1) is 17.2. The molecule has 1 saturated heterocycles. The summed E-state index contributed by atoms with van der Waals surface area (Å²) in [6.07, 6.45) is 6.88. The van der Waals surface area contributed by atoms with Crippen LogP contribution in [0.5, 0.6) is 0 Å². The van der Waals surface area contributed by atoms with E-state index in [0.29, 0.717) is 18.8 Å². The van der Waals surface area contributed by atoms with Crippen LogP contribution in [0.25, 0.3) is 0 Å². The summed E-state index contributed by atoms with van der Waals surface area (Å²) in [7, 11) is 0. The van der Waals surface area contributed by atoms with E-state index in [2.05, 4.69) is 15.3 Å². The number of carbonyl (C=O) groups is 2. The van der Waals surface area contributed by atoms with E-state index in [1.165, 1.54) is 18.6 Å². The Kier molecular flexibility index (Phi) is 5.52. The summed E-state index contributed by atoms with van der Waals surface area (Å²) in [5.41, 5.74) is -0.206. The minimum absolute atomic E-state index is 0.0502. The summed E-state index contributed by atoms with van der Waals surface area (Å²) in [6, 6.07) is -0.0502. The lowest BCUT2D eigenvalue weighted by atomic mass is 10.0. The molecule has 0 bridgehead atoms. The molecule has 7 nitrogen and oxygen atoms in total. The predicted octanol–water partition coefficient (Wildman–Crippen LogP) is 2.00. The van der Waals surface area contributed by atoms with Crippen molar-refractivity contribution in [2.45, 2.75) is 51.7 Å². The lowest BCUT2D eigenvalue weighted by Gasteiger charge is -2.35. The molecule has 2 heterocycles. The molecule has 1 aromatic heterocycles. The van der Waals surface area contributed by atoms with E-state index in [1.807, 2.05) is 20.8 Å². The van der Waals surface area contributed by atoms with Crippen molar-refractivity contribution in [3.8, 4) is 0 Å². The quantitative estimate of drug-likeness (QED) is 0.921. The summed E-state index contributed by atoms with van der Waals surface area (Å²) in [4.78, 5) is 34.1. The topological polar surface area (TPSA) is 84.4 Å². The molecule has 2 amide bonds.